The Hall–Kier alpha value is -1.29. The minimum absolute atomic E-state index is 0. The molecule has 2 rings (SSSR count). The van der Waals surface area contributed by atoms with Gasteiger partial charge in [-0.05, 0) is 38.8 Å². The fourth-order valence-corrected chi connectivity index (χ4v) is 3.48. The Bertz CT molecular complexity index is 608. The molecule has 1 atom stereocenters. The molecule has 1 aliphatic carbocycles. The first-order chi connectivity index (χ1) is 12.3. The van der Waals surface area contributed by atoms with Gasteiger partial charge in [0.25, 0.3) is 0 Å². The summed E-state index contributed by atoms with van der Waals surface area (Å²) in [6.45, 7) is 5.05. The second-order valence-corrected chi connectivity index (χ2v) is 7.49. The van der Waals surface area contributed by atoms with Crippen molar-refractivity contribution in [2.24, 2.45) is 10.4 Å². The summed E-state index contributed by atoms with van der Waals surface area (Å²) in [5, 5.41) is 17.1. The number of halogens is 1. The summed E-state index contributed by atoms with van der Waals surface area (Å²) in [6.07, 6.45) is 5.46. The standard InChI is InChI=1S/C19H32N4O3.HI/c1-5-20-17(21-13-18(2,25)15-9-8-12-26-15)22-14-19(10-6-7-11-19)16(24)23(3)4;/h8-9,12,25H,5-7,10-11,13-14H2,1-4H3,(H2,20,21,22);1H. The zero-order valence-electron chi connectivity index (χ0n) is 16.7. The molecular formula is C19H33IN4O3. The molecule has 0 spiro atoms. The maximum absolute atomic E-state index is 12.7. The Morgan fingerprint density at radius 2 is 2.04 bits per heavy atom. The van der Waals surface area contributed by atoms with Crippen LogP contribution in [0.1, 0.15) is 45.3 Å². The Morgan fingerprint density at radius 3 is 2.56 bits per heavy atom. The van der Waals surface area contributed by atoms with Crippen LogP contribution in [0.3, 0.4) is 0 Å². The highest BCUT2D eigenvalue weighted by atomic mass is 127. The fraction of sp³-hybridized carbons (Fsp3) is 0.684. The van der Waals surface area contributed by atoms with Crippen molar-refractivity contribution in [3.63, 3.8) is 0 Å². The average molecular weight is 492 g/mol. The van der Waals surface area contributed by atoms with E-state index in [-0.39, 0.29) is 41.8 Å². The number of guanidine groups is 1. The molecule has 1 aromatic heterocycles. The van der Waals surface area contributed by atoms with Gasteiger partial charge in [-0.15, -0.1) is 24.0 Å². The molecule has 0 aromatic carbocycles. The number of rotatable bonds is 7. The predicted octanol–water partition coefficient (Wildman–Crippen LogP) is 2.31. The van der Waals surface area contributed by atoms with Crippen molar-refractivity contribution in [2.75, 3.05) is 33.7 Å². The monoisotopic (exact) mass is 492 g/mol. The Labute approximate surface area is 179 Å². The number of furan rings is 1. The molecule has 1 aromatic rings. The topological polar surface area (TPSA) is 90.1 Å². The molecule has 27 heavy (non-hydrogen) atoms. The number of hydrogen-bond acceptors (Lipinski definition) is 4. The SMILES string of the molecule is CCNC(=NCC(C)(O)c1ccco1)NCC1(C(=O)N(C)C)CCCC1.I. The van der Waals surface area contributed by atoms with Crippen LogP contribution in [-0.4, -0.2) is 55.6 Å². The van der Waals surface area contributed by atoms with Gasteiger partial charge in [0.2, 0.25) is 5.91 Å². The first-order valence-corrected chi connectivity index (χ1v) is 9.31. The van der Waals surface area contributed by atoms with Gasteiger partial charge in [-0.25, -0.2) is 4.99 Å². The zero-order chi connectivity index (χ0) is 19.2. The number of carbonyl (C=O) groups is 1. The summed E-state index contributed by atoms with van der Waals surface area (Å²) in [7, 11) is 3.62. The smallest absolute Gasteiger partial charge is 0.230 e. The molecule has 0 aliphatic heterocycles. The van der Waals surface area contributed by atoms with Crippen molar-refractivity contribution in [2.45, 2.75) is 45.1 Å². The van der Waals surface area contributed by atoms with Gasteiger partial charge in [-0.1, -0.05) is 12.8 Å². The van der Waals surface area contributed by atoms with E-state index >= 15 is 0 Å². The molecule has 0 saturated heterocycles. The van der Waals surface area contributed by atoms with E-state index < -0.39 is 5.60 Å². The van der Waals surface area contributed by atoms with Crippen molar-refractivity contribution in [1.82, 2.24) is 15.5 Å². The van der Waals surface area contributed by atoms with Gasteiger partial charge < -0.3 is 25.1 Å². The van der Waals surface area contributed by atoms with Crippen molar-refractivity contribution in [1.29, 1.82) is 0 Å². The molecule has 1 heterocycles. The third kappa shape index (κ3) is 6.10. The zero-order valence-corrected chi connectivity index (χ0v) is 19.1. The summed E-state index contributed by atoms with van der Waals surface area (Å²) in [6, 6.07) is 3.48. The highest BCUT2D eigenvalue weighted by molar-refractivity contribution is 14.0. The summed E-state index contributed by atoms with van der Waals surface area (Å²) < 4.78 is 5.30. The third-order valence-electron chi connectivity index (χ3n) is 4.96. The first-order valence-electron chi connectivity index (χ1n) is 9.31. The lowest BCUT2D eigenvalue weighted by Crippen LogP contribution is -2.49. The van der Waals surface area contributed by atoms with Crippen LogP contribution in [0.25, 0.3) is 0 Å². The Kier molecular flexibility index (Phi) is 9.07. The van der Waals surface area contributed by atoms with Crippen LogP contribution in [0.15, 0.2) is 27.8 Å². The molecule has 3 N–H and O–H groups in total. The summed E-state index contributed by atoms with van der Waals surface area (Å²) in [4.78, 5) is 18.9. The number of nitrogens with one attached hydrogen (secondary N) is 2. The number of aliphatic hydroxyl groups is 1. The maximum Gasteiger partial charge on any atom is 0.230 e. The van der Waals surface area contributed by atoms with Gasteiger partial charge in [-0.3, -0.25) is 4.79 Å². The fourth-order valence-electron chi connectivity index (χ4n) is 3.48. The van der Waals surface area contributed by atoms with E-state index in [4.69, 9.17) is 4.42 Å². The molecule has 1 aliphatic rings. The van der Waals surface area contributed by atoms with E-state index in [9.17, 15) is 9.90 Å². The number of hydrogen-bond donors (Lipinski definition) is 3. The molecule has 1 amide bonds. The number of amides is 1. The summed E-state index contributed by atoms with van der Waals surface area (Å²) >= 11 is 0. The van der Waals surface area contributed by atoms with E-state index in [1.54, 1.807) is 24.0 Å². The Morgan fingerprint density at radius 1 is 1.37 bits per heavy atom. The molecular weight excluding hydrogens is 459 g/mol. The molecule has 7 nitrogen and oxygen atoms in total. The quantitative estimate of drug-likeness (QED) is 0.309. The number of nitrogens with zero attached hydrogens (tertiary/aromatic N) is 2. The largest absolute Gasteiger partial charge is 0.466 e. The summed E-state index contributed by atoms with van der Waals surface area (Å²) in [5.41, 5.74) is -1.56. The van der Waals surface area contributed by atoms with Crippen molar-refractivity contribution < 1.29 is 14.3 Å². The summed E-state index contributed by atoms with van der Waals surface area (Å²) in [5.74, 6) is 1.24. The van der Waals surface area contributed by atoms with Gasteiger partial charge in [0.05, 0.1) is 18.2 Å². The molecule has 0 bridgehead atoms. The molecule has 1 unspecified atom stereocenters. The molecule has 154 valence electrons. The molecule has 0 radical (unpaired) electrons. The van der Waals surface area contributed by atoms with Crippen LogP contribution in [0.4, 0.5) is 0 Å². The van der Waals surface area contributed by atoms with Gasteiger partial charge >= 0.3 is 0 Å². The highest BCUT2D eigenvalue weighted by Gasteiger charge is 2.42. The van der Waals surface area contributed by atoms with E-state index in [1.807, 2.05) is 21.0 Å². The lowest BCUT2D eigenvalue weighted by molar-refractivity contribution is -0.138. The van der Waals surface area contributed by atoms with Crippen LogP contribution in [0, 0.1) is 5.41 Å². The molecule has 8 heteroatoms. The minimum atomic E-state index is -1.18. The average Bonchev–Trinajstić information content (AvgIpc) is 3.29. The second kappa shape index (κ2) is 10.3. The van der Waals surface area contributed by atoms with Crippen molar-refractivity contribution in [3.8, 4) is 0 Å². The number of aliphatic imine (C=N–C) groups is 1. The van der Waals surface area contributed by atoms with Gasteiger partial charge in [-0.2, -0.15) is 0 Å². The van der Waals surface area contributed by atoms with Crippen molar-refractivity contribution in [3.05, 3.63) is 24.2 Å². The lowest BCUT2D eigenvalue weighted by atomic mass is 9.84. The predicted molar refractivity (Wildman–Crippen MR) is 117 cm³/mol. The van der Waals surface area contributed by atoms with Crippen LogP contribution >= 0.6 is 24.0 Å². The highest BCUT2D eigenvalue weighted by Crippen LogP contribution is 2.38. The van der Waals surface area contributed by atoms with Gasteiger partial charge in [0.1, 0.15) is 11.4 Å². The normalized spacial score (nSPS) is 18.3. The van der Waals surface area contributed by atoms with E-state index in [0.717, 1.165) is 25.7 Å². The van der Waals surface area contributed by atoms with Crippen LogP contribution < -0.4 is 10.6 Å². The third-order valence-corrected chi connectivity index (χ3v) is 4.96. The van der Waals surface area contributed by atoms with Gasteiger partial charge in [0.15, 0.2) is 5.96 Å². The number of carbonyl (C=O) groups excluding carboxylic acids is 1. The van der Waals surface area contributed by atoms with E-state index in [0.29, 0.717) is 24.8 Å². The van der Waals surface area contributed by atoms with E-state index in [2.05, 4.69) is 15.6 Å². The molecule has 1 saturated carbocycles. The molecule has 1 fully saturated rings. The lowest BCUT2D eigenvalue weighted by Gasteiger charge is -2.31. The maximum atomic E-state index is 12.7. The van der Waals surface area contributed by atoms with E-state index in [1.165, 1.54) is 6.26 Å². The second-order valence-electron chi connectivity index (χ2n) is 7.49. The van der Waals surface area contributed by atoms with Gasteiger partial charge in [0, 0.05) is 27.2 Å². The van der Waals surface area contributed by atoms with Crippen LogP contribution in [-0.2, 0) is 10.4 Å². The van der Waals surface area contributed by atoms with Crippen LogP contribution in [0.2, 0.25) is 0 Å². The first kappa shape index (κ1) is 23.7. The minimum Gasteiger partial charge on any atom is -0.466 e. The van der Waals surface area contributed by atoms with Crippen LogP contribution in [0.5, 0.6) is 0 Å². The van der Waals surface area contributed by atoms with Crippen molar-refractivity contribution >= 4 is 35.8 Å². The Balaban J connectivity index is 0.00000364.